The molecule has 0 N–H and O–H groups in total. The third-order valence-corrected chi connectivity index (χ3v) is 4.65. The molecule has 0 heterocycles. The van der Waals surface area contributed by atoms with Crippen molar-refractivity contribution >= 4 is 21.7 Å². The molecule has 2 unspecified atom stereocenters. The number of ketones is 1. The van der Waals surface area contributed by atoms with Crippen LogP contribution in [0.3, 0.4) is 0 Å². The van der Waals surface area contributed by atoms with Gasteiger partial charge in [0.1, 0.15) is 5.75 Å². The van der Waals surface area contributed by atoms with E-state index < -0.39 is 0 Å². The van der Waals surface area contributed by atoms with Gasteiger partial charge in [-0.2, -0.15) is 0 Å². The first kappa shape index (κ1) is 14.6. The third kappa shape index (κ3) is 3.38. The van der Waals surface area contributed by atoms with Gasteiger partial charge in [0.05, 0.1) is 12.7 Å². The van der Waals surface area contributed by atoms with Crippen molar-refractivity contribution in [3.63, 3.8) is 0 Å². The Morgan fingerprint density at radius 1 is 1.42 bits per heavy atom. The molecule has 0 amide bonds. The maximum atomic E-state index is 12.7. The smallest absolute Gasteiger partial charge is 0.169 e. The van der Waals surface area contributed by atoms with Crippen LogP contribution in [0.5, 0.6) is 5.75 Å². The van der Waals surface area contributed by atoms with E-state index in [-0.39, 0.29) is 11.7 Å². The van der Waals surface area contributed by atoms with Crippen molar-refractivity contribution in [3.05, 3.63) is 28.2 Å². The molecule has 0 aliphatic heterocycles. The molecule has 1 saturated carbocycles. The molecule has 2 atom stereocenters. The molecule has 0 saturated heterocycles. The topological polar surface area (TPSA) is 26.3 Å². The van der Waals surface area contributed by atoms with E-state index in [1.54, 1.807) is 7.11 Å². The minimum absolute atomic E-state index is 0.175. The maximum absolute atomic E-state index is 12.7. The Morgan fingerprint density at radius 3 is 2.89 bits per heavy atom. The molecule has 0 radical (unpaired) electrons. The average molecular weight is 325 g/mol. The van der Waals surface area contributed by atoms with Crippen molar-refractivity contribution in [2.45, 2.75) is 39.0 Å². The second kappa shape index (κ2) is 6.56. The Labute approximate surface area is 123 Å². The zero-order valence-electron chi connectivity index (χ0n) is 11.6. The fraction of sp³-hybridized carbons (Fsp3) is 0.562. The molecule has 1 aliphatic rings. The minimum Gasteiger partial charge on any atom is -0.496 e. The van der Waals surface area contributed by atoms with Crippen LogP contribution in [0.15, 0.2) is 22.7 Å². The van der Waals surface area contributed by atoms with Crippen molar-refractivity contribution < 1.29 is 9.53 Å². The Bertz CT molecular complexity index is 456. The van der Waals surface area contributed by atoms with Crippen LogP contribution in [0.1, 0.15) is 49.4 Å². The van der Waals surface area contributed by atoms with Crippen LogP contribution in [-0.4, -0.2) is 12.9 Å². The van der Waals surface area contributed by atoms with Crippen molar-refractivity contribution in [1.82, 2.24) is 0 Å². The SMILES string of the molecule is CCC1CCCC(C(=O)c2ccc(Br)cc2OC)C1. The van der Waals surface area contributed by atoms with Crippen LogP contribution in [0.4, 0.5) is 0 Å². The Morgan fingerprint density at radius 2 is 2.21 bits per heavy atom. The van der Waals surface area contributed by atoms with Gasteiger partial charge in [0.2, 0.25) is 0 Å². The van der Waals surface area contributed by atoms with Crippen molar-refractivity contribution in [2.24, 2.45) is 11.8 Å². The highest BCUT2D eigenvalue weighted by molar-refractivity contribution is 9.10. The summed E-state index contributed by atoms with van der Waals surface area (Å²) in [4.78, 5) is 12.7. The number of methoxy groups -OCH3 is 1. The molecule has 3 heteroatoms. The minimum atomic E-state index is 0.175. The number of carbonyl (C=O) groups is 1. The van der Waals surface area contributed by atoms with Crippen LogP contribution < -0.4 is 4.74 Å². The molecular formula is C16H21BrO2. The van der Waals surface area contributed by atoms with Crippen molar-refractivity contribution in [1.29, 1.82) is 0 Å². The van der Waals surface area contributed by atoms with Gasteiger partial charge in [-0.1, -0.05) is 42.1 Å². The monoisotopic (exact) mass is 324 g/mol. The largest absolute Gasteiger partial charge is 0.496 e. The van der Waals surface area contributed by atoms with E-state index in [0.717, 1.165) is 22.9 Å². The van der Waals surface area contributed by atoms with Gasteiger partial charge in [0.25, 0.3) is 0 Å². The van der Waals surface area contributed by atoms with Gasteiger partial charge in [-0.25, -0.2) is 0 Å². The molecule has 2 rings (SSSR count). The lowest BCUT2D eigenvalue weighted by molar-refractivity contribution is 0.0859. The van der Waals surface area contributed by atoms with Crippen LogP contribution >= 0.6 is 15.9 Å². The molecule has 1 aromatic carbocycles. The Kier molecular flexibility index (Phi) is 5.03. The molecule has 0 bridgehead atoms. The molecule has 1 fully saturated rings. The predicted octanol–water partition coefficient (Wildman–Crippen LogP) is 4.86. The Balaban J connectivity index is 2.19. The second-order valence-electron chi connectivity index (χ2n) is 5.35. The fourth-order valence-corrected chi connectivity index (χ4v) is 3.33. The summed E-state index contributed by atoms with van der Waals surface area (Å²) in [7, 11) is 1.62. The number of ether oxygens (including phenoxy) is 1. The first-order valence-corrected chi connectivity index (χ1v) is 7.82. The lowest BCUT2D eigenvalue weighted by atomic mass is 9.77. The van der Waals surface area contributed by atoms with Crippen molar-refractivity contribution in [3.8, 4) is 5.75 Å². The number of rotatable bonds is 4. The summed E-state index contributed by atoms with van der Waals surface area (Å²) in [5, 5.41) is 0. The second-order valence-corrected chi connectivity index (χ2v) is 6.26. The molecule has 1 aromatic rings. The van der Waals surface area contributed by atoms with Crippen LogP contribution in [0, 0.1) is 11.8 Å². The number of hydrogen-bond acceptors (Lipinski definition) is 2. The summed E-state index contributed by atoms with van der Waals surface area (Å²) in [6.45, 7) is 2.22. The van der Waals surface area contributed by atoms with Gasteiger partial charge in [-0.05, 0) is 37.0 Å². The summed E-state index contributed by atoms with van der Waals surface area (Å²) < 4.78 is 6.28. The lowest BCUT2D eigenvalue weighted by Gasteiger charge is -2.27. The first-order chi connectivity index (χ1) is 9.15. The van der Waals surface area contributed by atoms with E-state index in [1.807, 2.05) is 18.2 Å². The maximum Gasteiger partial charge on any atom is 0.169 e. The van der Waals surface area contributed by atoms with Gasteiger partial charge >= 0.3 is 0 Å². The molecule has 104 valence electrons. The van der Waals surface area contributed by atoms with Gasteiger partial charge in [-0.15, -0.1) is 0 Å². The van der Waals surface area contributed by atoms with E-state index in [4.69, 9.17) is 4.74 Å². The number of hydrogen-bond donors (Lipinski definition) is 0. The predicted molar refractivity (Wildman–Crippen MR) is 80.8 cm³/mol. The van der Waals surface area contributed by atoms with E-state index in [1.165, 1.54) is 19.3 Å². The third-order valence-electron chi connectivity index (χ3n) is 4.16. The number of carbonyl (C=O) groups excluding carboxylic acids is 1. The number of benzene rings is 1. The highest BCUT2D eigenvalue weighted by atomic mass is 79.9. The molecule has 0 spiro atoms. The molecule has 19 heavy (non-hydrogen) atoms. The average Bonchev–Trinajstić information content (AvgIpc) is 2.46. The normalized spacial score (nSPS) is 23.1. The summed E-state index contributed by atoms with van der Waals surface area (Å²) in [5.74, 6) is 1.82. The van der Waals surface area contributed by atoms with Gasteiger partial charge in [-0.3, -0.25) is 4.79 Å². The zero-order valence-corrected chi connectivity index (χ0v) is 13.2. The number of halogens is 1. The van der Waals surface area contributed by atoms with Gasteiger partial charge < -0.3 is 4.74 Å². The van der Waals surface area contributed by atoms with E-state index in [0.29, 0.717) is 11.7 Å². The lowest BCUT2D eigenvalue weighted by Crippen LogP contribution is -2.23. The summed E-state index contributed by atoms with van der Waals surface area (Å²) in [6.07, 6.45) is 5.69. The summed E-state index contributed by atoms with van der Waals surface area (Å²) in [5.41, 5.74) is 0.729. The Hall–Kier alpha value is -0.830. The first-order valence-electron chi connectivity index (χ1n) is 7.03. The van der Waals surface area contributed by atoms with E-state index in [9.17, 15) is 4.79 Å². The quantitative estimate of drug-likeness (QED) is 0.739. The van der Waals surface area contributed by atoms with Crippen LogP contribution in [0.25, 0.3) is 0 Å². The van der Waals surface area contributed by atoms with E-state index in [2.05, 4.69) is 22.9 Å². The molecule has 1 aliphatic carbocycles. The summed E-state index contributed by atoms with van der Waals surface area (Å²) >= 11 is 3.41. The molecule has 0 aromatic heterocycles. The van der Waals surface area contributed by atoms with Crippen molar-refractivity contribution in [2.75, 3.05) is 7.11 Å². The van der Waals surface area contributed by atoms with E-state index >= 15 is 0 Å². The van der Waals surface area contributed by atoms with Crippen LogP contribution in [0.2, 0.25) is 0 Å². The fourth-order valence-electron chi connectivity index (χ4n) is 2.99. The van der Waals surface area contributed by atoms with Gasteiger partial charge in [0.15, 0.2) is 5.78 Å². The molecular weight excluding hydrogens is 304 g/mol. The molecule has 2 nitrogen and oxygen atoms in total. The standard InChI is InChI=1S/C16H21BrO2/c1-3-11-5-4-6-12(9-11)16(18)14-8-7-13(17)10-15(14)19-2/h7-8,10-12H,3-6,9H2,1-2H3. The van der Waals surface area contributed by atoms with Gasteiger partial charge in [0, 0.05) is 10.4 Å². The highest BCUT2D eigenvalue weighted by Gasteiger charge is 2.28. The van der Waals surface area contributed by atoms with Crippen LogP contribution in [-0.2, 0) is 0 Å². The number of Topliss-reactive ketones (excluding diaryl/α,β-unsaturated/α-hetero) is 1. The summed E-state index contributed by atoms with van der Waals surface area (Å²) in [6, 6.07) is 5.66. The zero-order chi connectivity index (χ0) is 13.8. The highest BCUT2D eigenvalue weighted by Crippen LogP contribution is 2.35.